The summed E-state index contributed by atoms with van der Waals surface area (Å²) < 4.78 is 20.7. The first-order valence-corrected chi connectivity index (χ1v) is 12.6. The smallest absolute Gasteiger partial charge is 0.408 e. The summed E-state index contributed by atoms with van der Waals surface area (Å²) >= 11 is 0. The van der Waals surface area contributed by atoms with Crippen LogP contribution in [0, 0.1) is 5.92 Å². The first-order valence-electron chi connectivity index (χ1n) is 12.6. The fourth-order valence-electron chi connectivity index (χ4n) is 4.27. The Morgan fingerprint density at radius 2 is 1.49 bits per heavy atom. The van der Waals surface area contributed by atoms with Crippen LogP contribution in [0.2, 0.25) is 0 Å². The number of urea groups is 1. The molecule has 1 N–H and O–H groups in total. The maximum atomic E-state index is 15.3. The molecule has 0 aromatic heterocycles. The number of alkyl carbamates (subject to hydrolysis) is 1. The molecule has 0 spiro atoms. The number of ether oxygens (including phenoxy) is 1. The van der Waals surface area contributed by atoms with Crippen LogP contribution in [0.25, 0.3) is 0 Å². The number of nitrogens with zero attached hydrogens (tertiary/aromatic N) is 3. The van der Waals surface area contributed by atoms with E-state index in [0.29, 0.717) is 6.54 Å². The highest BCUT2D eigenvalue weighted by atomic mass is 19.2. The van der Waals surface area contributed by atoms with Crippen molar-refractivity contribution in [1.82, 2.24) is 10.2 Å². The van der Waals surface area contributed by atoms with Crippen LogP contribution in [0.3, 0.4) is 0 Å². The zero-order valence-electron chi connectivity index (χ0n) is 22.2. The summed E-state index contributed by atoms with van der Waals surface area (Å²) in [6, 6.07) is 17.1. The van der Waals surface area contributed by atoms with E-state index in [1.54, 1.807) is 48.8 Å². The van der Waals surface area contributed by atoms with E-state index < -0.39 is 23.1 Å². The van der Waals surface area contributed by atoms with Crippen molar-refractivity contribution in [3.63, 3.8) is 0 Å². The molecule has 0 radical (unpaired) electrons. The second kappa shape index (κ2) is 11.6. The Morgan fingerprint density at radius 1 is 0.973 bits per heavy atom. The molecule has 1 aliphatic heterocycles. The summed E-state index contributed by atoms with van der Waals surface area (Å²) in [7, 11) is 0. The fourth-order valence-corrected chi connectivity index (χ4v) is 4.27. The van der Waals surface area contributed by atoms with Gasteiger partial charge in [0.15, 0.2) is 0 Å². The molecular formula is C28H37FN4O4. The normalized spacial score (nSPS) is 15.2. The van der Waals surface area contributed by atoms with Gasteiger partial charge in [-0.05, 0) is 63.8 Å². The van der Waals surface area contributed by atoms with Crippen molar-refractivity contribution in [2.45, 2.75) is 58.6 Å². The summed E-state index contributed by atoms with van der Waals surface area (Å²) in [6.45, 7) is 10.0. The average Bonchev–Trinajstić information content (AvgIpc) is 2.86. The molecule has 0 bridgehead atoms. The molecule has 2 aromatic rings. The molecule has 1 saturated heterocycles. The molecule has 9 heteroatoms. The van der Waals surface area contributed by atoms with Crippen LogP contribution in [-0.2, 0) is 9.53 Å². The third-order valence-electron chi connectivity index (χ3n) is 6.04. The second-order valence-electron chi connectivity index (χ2n) is 10.7. The van der Waals surface area contributed by atoms with Gasteiger partial charge in [0, 0.05) is 25.3 Å². The van der Waals surface area contributed by atoms with Crippen LogP contribution in [0.4, 0.5) is 25.4 Å². The molecule has 1 aliphatic rings. The van der Waals surface area contributed by atoms with Crippen molar-refractivity contribution in [2.24, 2.45) is 5.92 Å². The first-order chi connectivity index (χ1) is 17.4. The molecule has 8 nitrogen and oxygen atoms in total. The summed E-state index contributed by atoms with van der Waals surface area (Å²) in [5, 5.41) is 2.71. The number of amides is 4. The number of halogens is 1. The van der Waals surface area contributed by atoms with Crippen molar-refractivity contribution in [3.8, 4) is 0 Å². The minimum atomic E-state index is -1.57. The number of likely N-dealkylation sites (tertiary alicyclic amines) is 1. The van der Waals surface area contributed by atoms with Crippen molar-refractivity contribution in [2.75, 3.05) is 29.7 Å². The first kappa shape index (κ1) is 28.0. The number of hydrogen-bond acceptors (Lipinski definition) is 4. The molecule has 3 rings (SSSR count). The Bertz CT molecular complexity index is 1060. The van der Waals surface area contributed by atoms with E-state index in [0.717, 1.165) is 5.69 Å². The van der Waals surface area contributed by atoms with Crippen LogP contribution in [-0.4, -0.2) is 53.7 Å². The average molecular weight is 513 g/mol. The molecule has 2 aromatic carbocycles. The lowest BCUT2D eigenvalue weighted by molar-refractivity contribution is -0.129. The van der Waals surface area contributed by atoms with E-state index in [2.05, 4.69) is 5.32 Å². The van der Waals surface area contributed by atoms with E-state index in [-0.39, 0.29) is 48.7 Å². The Morgan fingerprint density at radius 3 is 1.97 bits per heavy atom. The molecule has 1 heterocycles. The number of carbonyl (C=O) groups is 3. The van der Waals surface area contributed by atoms with Crippen LogP contribution in [0.15, 0.2) is 60.7 Å². The van der Waals surface area contributed by atoms with Gasteiger partial charge in [0.05, 0.1) is 5.69 Å². The molecular weight excluding hydrogens is 475 g/mol. The Hall–Kier alpha value is -3.62. The third kappa shape index (κ3) is 7.21. The van der Waals surface area contributed by atoms with Crippen molar-refractivity contribution in [1.29, 1.82) is 0 Å². The Labute approximate surface area is 218 Å². The fraction of sp³-hybridized carbons (Fsp3) is 0.464. The van der Waals surface area contributed by atoms with Crippen LogP contribution in [0.1, 0.15) is 47.5 Å². The van der Waals surface area contributed by atoms with E-state index in [1.807, 2.05) is 44.2 Å². The summed E-state index contributed by atoms with van der Waals surface area (Å²) in [6.07, 6.45) is -0.740. The van der Waals surface area contributed by atoms with Gasteiger partial charge in [-0.15, -0.1) is 5.12 Å². The molecule has 0 saturated carbocycles. The van der Waals surface area contributed by atoms with Crippen molar-refractivity contribution in [3.05, 3.63) is 60.7 Å². The van der Waals surface area contributed by atoms with E-state index in [9.17, 15) is 14.4 Å². The molecule has 0 unspecified atom stereocenters. The lowest BCUT2D eigenvalue weighted by Crippen LogP contribution is -2.64. The minimum absolute atomic E-state index is 0.0361. The third-order valence-corrected chi connectivity index (χ3v) is 6.04. The summed E-state index contributed by atoms with van der Waals surface area (Å²) in [5.41, 5.74) is -1.53. The maximum Gasteiger partial charge on any atom is 0.408 e. The van der Waals surface area contributed by atoms with E-state index in [1.165, 1.54) is 12.1 Å². The van der Waals surface area contributed by atoms with Gasteiger partial charge in [-0.2, -0.15) is 0 Å². The van der Waals surface area contributed by atoms with Crippen LogP contribution in [0.5, 0.6) is 0 Å². The highest BCUT2D eigenvalue weighted by Gasteiger charge is 2.48. The van der Waals surface area contributed by atoms with Gasteiger partial charge in [-0.3, -0.25) is 9.69 Å². The predicted octanol–water partition coefficient (Wildman–Crippen LogP) is 5.55. The summed E-state index contributed by atoms with van der Waals surface area (Å²) in [5.74, 6) is -0.673. The number of nitrogens with one attached hydrogen (secondary N) is 1. The molecule has 4 amide bonds. The lowest BCUT2D eigenvalue weighted by atomic mass is 9.86. The summed E-state index contributed by atoms with van der Waals surface area (Å²) in [4.78, 5) is 43.1. The van der Waals surface area contributed by atoms with Gasteiger partial charge in [0.1, 0.15) is 11.1 Å². The van der Waals surface area contributed by atoms with Crippen molar-refractivity contribution < 1.29 is 23.6 Å². The largest absolute Gasteiger partial charge is 0.444 e. The highest BCUT2D eigenvalue weighted by molar-refractivity contribution is 6.01. The minimum Gasteiger partial charge on any atom is -0.444 e. The standard InChI is InChI=1S/C28H37FN4O4/c1-21(2)20-32(22-12-8-6-9-13-22)26(36)31-18-16-28(17-19-31,30-25(35)37-27(3,4)5)24(34)33(29)23-14-10-7-11-15-23/h6-15,21H,16-20H2,1-5H3,(H,30,35). The van der Waals surface area contributed by atoms with E-state index in [4.69, 9.17) is 4.74 Å². The number of para-hydroxylation sites is 2. The van der Waals surface area contributed by atoms with Gasteiger partial charge in [-0.1, -0.05) is 54.7 Å². The Kier molecular flexibility index (Phi) is 8.78. The maximum absolute atomic E-state index is 15.3. The molecule has 0 aliphatic carbocycles. The van der Waals surface area contributed by atoms with Gasteiger partial charge < -0.3 is 15.0 Å². The molecule has 0 atom stereocenters. The van der Waals surface area contributed by atoms with Gasteiger partial charge in [-0.25, -0.2) is 9.59 Å². The number of benzene rings is 2. The lowest BCUT2D eigenvalue weighted by Gasteiger charge is -2.43. The van der Waals surface area contributed by atoms with Crippen LogP contribution >= 0.6 is 0 Å². The second-order valence-corrected chi connectivity index (χ2v) is 10.7. The monoisotopic (exact) mass is 512 g/mol. The van der Waals surface area contributed by atoms with Gasteiger partial charge in [0.25, 0.3) is 5.91 Å². The topological polar surface area (TPSA) is 82.2 Å². The van der Waals surface area contributed by atoms with E-state index >= 15 is 4.48 Å². The van der Waals surface area contributed by atoms with Gasteiger partial charge in [0.2, 0.25) is 0 Å². The Balaban J connectivity index is 1.83. The predicted molar refractivity (Wildman–Crippen MR) is 142 cm³/mol. The molecule has 200 valence electrons. The number of anilines is 2. The zero-order valence-corrected chi connectivity index (χ0v) is 22.2. The molecule has 1 fully saturated rings. The highest BCUT2D eigenvalue weighted by Crippen LogP contribution is 2.30. The number of hydrogen-bond donors (Lipinski definition) is 1. The quantitative estimate of drug-likeness (QED) is 0.515. The number of piperidine rings is 1. The zero-order chi connectivity index (χ0) is 27.2. The van der Waals surface area contributed by atoms with Gasteiger partial charge >= 0.3 is 12.1 Å². The SMILES string of the molecule is CC(C)CN(C(=O)N1CCC(NC(=O)OC(C)(C)C)(C(=O)N(F)c2ccccc2)CC1)c1ccccc1. The van der Waals surface area contributed by atoms with Crippen molar-refractivity contribution >= 4 is 29.4 Å². The molecule has 37 heavy (non-hydrogen) atoms. The number of carbonyl (C=O) groups excluding carboxylic acids is 3. The van der Waals surface area contributed by atoms with Crippen LogP contribution < -0.4 is 15.3 Å². The number of rotatable bonds is 6.